The standard InChI is InChI=1S/C18H28N6O3/c1-19-8-4-13-5-9-23(10-6-13)14(25)7-11-24-12-20-16-15(24)17(26)22(3)18(27)21(16)2/h12-13,19H,4-11H2,1-3H3. The molecule has 0 radical (unpaired) electrons. The predicted octanol–water partition coefficient (Wildman–Crippen LogP) is -0.328. The first-order chi connectivity index (χ1) is 12.9. The van der Waals surface area contributed by atoms with E-state index in [9.17, 15) is 14.4 Å². The summed E-state index contributed by atoms with van der Waals surface area (Å²) >= 11 is 0. The predicted molar refractivity (Wildman–Crippen MR) is 103 cm³/mol. The highest BCUT2D eigenvalue weighted by molar-refractivity contribution is 5.76. The van der Waals surface area contributed by atoms with Crippen LogP contribution in [0.4, 0.5) is 0 Å². The van der Waals surface area contributed by atoms with Gasteiger partial charge >= 0.3 is 5.69 Å². The van der Waals surface area contributed by atoms with Crippen molar-refractivity contribution in [1.29, 1.82) is 0 Å². The average molecular weight is 376 g/mol. The Morgan fingerprint density at radius 2 is 1.93 bits per heavy atom. The van der Waals surface area contributed by atoms with Crippen LogP contribution in [0.2, 0.25) is 0 Å². The summed E-state index contributed by atoms with van der Waals surface area (Å²) in [5, 5.41) is 3.18. The van der Waals surface area contributed by atoms with Crippen molar-refractivity contribution in [2.24, 2.45) is 20.0 Å². The molecule has 0 atom stereocenters. The minimum absolute atomic E-state index is 0.102. The van der Waals surface area contributed by atoms with Crippen LogP contribution in [-0.4, -0.2) is 56.2 Å². The largest absolute Gasteiger partial charge is 0.343 e. The van der Waals surface area contributed by atoms with Crippen LogP contribution in [0.25, 0.3) is 11.2 Å². The molecule has 1 amide bonds. The molecular formula is C18H28N6O3. The summed E-state index contributed by atoms with van der Waals surface area (Å²) in [5.74, 6) is 0.786. The summed E-state index contributed by atoms with van der Waals surface area (Å²) in [6.45, 7) is 2.99. The van der Waals surface area contributed by atoms with Crippen molar-refractivity contribution in [2.45, 2.75) is 32.2 Å². The Balaban J connectivity index is 1.65. The fourth-order valence-corrected chi connectivity index (χ4v) is 3.76. The zero-order valence-electron chi connectivity index (χ0n) is 16.3. The highest BCUT2D eigenvalue weighted by Gasteiger charge is 2.22. The van der Waals surface area contributed by atoms with Crippen LogP contribution in [0, 0.1) is 5.92 Å². The number of nitrogens with zero attached hydrogens (tertiary/aromatic N) is 5. The van der Waals surface area contributed by atoms with Crippen LogP contribution in [0.3, 0.4) is 0 Å². The quantitative estimate of drug-likeness (QED) is 0.745. The molecule has 0 spiro atoms. The highest BCUT2D eigenvalue weighted by atomic mass is 16.2. The second-order valence-corrected chi connectivity index (χ2v) is 7.28. The van der Waals surface area contributed by atoms with Crippen LogP contribution in [-0.2, 0) is 25.4 Å². The minimum atomic E-state index is -0.407. The number of carbonyl (C=O) groups excluding carboxylic acids is 1. The Morgan fingerprint density at radius 3 is 2.59 bits per heavy atom. The molecule has 148 valence electrons. The van der Waals surface area contributed by atoms with Gasteiger partial charge in [0.15, 0.2) is 11.2 Å². The van der Waals surface area contributed by atoms with Gasteiger partial charge in [-0.2, -0.15) is 0 Å². The maximum absolute atomic E-state index is 12.6. The van der Waals surface area contributed by atoms with Crippen molar-refractivity contribution >= 4 is 17.1 Å². The summed E-state index contributed by atoms with van der Waals surface area (Å²) < 4.78 is 4.10. The topological polar surface area (TPSA) is 94.2 Å². The van der Waals surface area contributed by atoms with Crippen LogP contribution < -0.4 is 16.6 Å². The summed E-state index contributed by atoms with van der Waals surface area (Å²) in [7, 11) is 5.00. The van der Waals surface area contributed by atoms with Crippen molar-refractivity contribution in [3.05, 3.63) is 27.2 Å². The Morgan fingerprint density at radius 1 is 1.22 bits per heavy atom. The molecule has 3 heterocycles. The first-order valence-corrected chi connectivity index (χ1v) is 9.47. The van der Waals surface area contributed by atoms with Gasteiger partial charge in [0.1, 0.15) is 0 Å². The van der Waals surface area contributed by atoms with E-state index in [2.05, 4.69) is 10.3 Å². The molecule has 9 nitrogen and oxygen atoms in total. The van der Waals surface area contributed by atoms with Gasteiger partial charge in [-0.05, 0) is 38.8 Å². The third-order valence-corrected chi connectivity index (χ3v) is 5.55. The number of amides is 1. The van der Waals surface area contributed by atoms with E-state index >= 15 is 0 Å². The molecule has 3 rings (SSSR count). The van der Waals surface area contributed by atoms with Crippen molar-refractivity contribution in [3.8, 4) is 0 Å². The van der Waals surface area contributed by atoms with E-state index in [1.165, 1.54) is 17.9 Å². The smallest absolute Gasteiger partial charge is 0.332 e. The molecule has 1 aliphatic rings. The number of likely N-dealkylation sites (tertiary alicyclic amines) is 1. The highest BCUT2D eigenvalue weighted by Crippen LogP contribution is 2.20. The van der Waals surface area contributed by atoms with E-state index in [1.807, 2.05) is 11.9 Å². The molecule has 1 aliphatic heterocycles. The number of hydrogen-bond acceptors (Lipinski definition) is 5. The lowest BCUT2D eigenvalue weighted by molar-refractivity contribution is -0.132. The van der Waals surface area contributed by atoms with Gasteiger partial charge in [0.05, 0.1) is 6.33 Å². The zero-order valence-corrected chi connectivity index (χ0v) is 16.3. The van der Waals surface area contributed by atoms with E-state index < -0.39 is 5.69 Å². The Kier molecular flexibility index (Phi) is 5.79. The van der Waals surface area contributed by atoms with E-state index in [4.69, 9.17) is 0 Å². The van der Waals surface area contributed by atoms with Gasteiger partial charge in [0.2, 0.25) is 5.91 Å². The molecule has 0 bridgehead atoms. The van der Waals surface area contributed by atoms with Gasteiger partial charge in [-0.1, -0.05) is 0 Å². The lowest BCUT2D eigenvalue weighted by Crippen LogP contribution is -2.39. The maximum Gasteiger partial charge on any atom is 0.332 e. The van der Waals surface area contributed by atoms with E-state index in [1.54, 1.807) is 11.6 Å². The summed E-state index contributed by atoms with van der Waals surface area (Å²) in [6.07, 6.45) is 5.09. The Bertz CT molecular complexity index is 933. The molecule has 9 heteroatoms. The van der Waals surface area contributed by atoms with Crippen LogP contribution in [0.1, 0.15) is 25.7 Å². The number of hydrogen-bond donors (Lipinski definition) is 1. The molecule has 1 saturated heterocycles. The number of fused-ring (bicyclic) bond motifs is 1. The number of rotatable bonds is 6. The number of piperidine rings is 1. The average Bonchev–Trinajstić information content (AvgIpc) is 3.11. The van der Waals surface area contributed by atoms with Crippen LogP contribution in [0.5, 0.6) is 0 Å². The lowest BCUT2D eigenvalue weighted by atomic mass is 9.93. The van der Waals surface area contributed by atoms with Gasteiger partial charge in [-0.3, -0.25) is 18.7 Å². The fourth-order valence-electron chi connectivity index (χ4n) is 3.76. The van der Waals surface area contributed by atoms with E-state index in [0.29, 0.717) is 30.0 Å². The molecule has 27 heavy (non-hydrogen) atoms. The van der Waals surface area contributed by atoms with Gasteiger partial charge in [0, 0.05) is 40.2 Å². The molecule has 0 unspecified atom stereocenters. The van der Waals surface area contributed by atoms with Crippen molar-refractivity contribution in [1.82, 2.24) is 28.9 Å². The molecule has 0 aliphatic carbocycles. The summed E-state index contributed by atoms with van der Waals surface area (Å²) in [4.78, 5) is 43.1. The molecule has 0 saturated carbocycles. The van der Waals surface area contributed by atoms with E-state index in [0.717, 1.165) is 43.5 Å². The number of nitrogens with one attached hydrogen (secondary N) is 1. The van der Waals surface area contributed by atoms with Crippen molar-refractivity contribution in [3.63, 3.8) is 0 Å². The molecular weight excluding hydrogens is 348 g/mol. The lowest BCUT2D eigenvalue weighted by Gasteiger charge is -2.32. The number of aromatic nitrogens is 4. The molecule has 1 fully saturated rings. The Hall–Kier alpha value is -2.42. The van der Waals surface area contributed by atoms with Gasteiger partial charge in [-0.15, -0.1) is 0 Å². The second kappa shape index (κ2) is 8.08. The minimum Gasteiger partial charge on any atom is -0.343 e. The molecule has 2 aromatic rings. The maximum atomic E-state index is 12.6. The van der Waals surface area contributed by atoms with Gasteiger partial charge in [0.25, 0.3) is 5.56 Å². The van der Waals surface area contributed by atoms with Crippen LogP contribution in [0.15, 0.2) is 15.9 Å². The number of carbonyl (C=O) groups is 1. The third kappa shape index (κ3) is 3.83. The van der Waals surface area contributed by atoms with Gasteiger partial charge in [-0.25, -0.2) is 9.78 Å². The number of aryl methyl sites for hydroxylation is 2. The molecule has 0 aromatic carbocycles. The Labute approximate surface area is 157 Å². The van der Waals surface area contributed by atoms with Gasteiger partial charge < -0.3 is 14.8 Å². The van der Waals surface area contributed by atoms with Crippen molar-refractivity contribution < 1.29 is 4.79 Å². The fraction of sp³-hybridized carbons (Fsp3) is 0.667. The molecule has 2 aromatic heterocycles. The zero-order chi connectivity index (χ0) is 19.6. The molecule has 1 N–H and O–H groups in total. The van der Waals surface area contributed by atoms with Crippen molar-refractivity contribution in [2.75, 3.05) is 26.7 Å². The SMILES string of the molecule is CNCCC1CCN(C(=O)CCn2cnc3c2c(=O)n(C)c(=O)n3C)CC1. The van der Waals surface area contributed by atoms with E-state index in [-0.39, 0.29) is 11.5 Å². The first-order valence-electron chi connectivity index (χ1n) is 9.47. The normalized spacial score (nSPS) is 15.6. The first kappa shape index (κ1) is 19.3. The monoisotopic (exact) mass is 376 g/mol. The second-order valence-electron chi connectivity index (χ2n) is 7.28. The summed E-state index contributed by atoms with van der Waals surface area (Å²) in [6, 6.07) is 0. The third-order valence-electron chi connectivity index (χ3n) is 5.55. The summed E-state index contributed by atoms with van der Waals surface area (Å²) in [5.41, 5.74) is -0.0857. The van der Waals surface area contributed by atoms with Crippen LogP contribution >= 0.6 is 0 Å². The number of imidazole rings is 1.